The molecule has 0 atom stereocenters. The molecule has 2 heterocycles. The van der Waals surface area contributed by atoms with E-state index >= 15 is 0 Å². The van der Waals surface area contributed by atoms with Gasteiger partial charge in [0.25, 0.3) is 5.91 Å². The van der Waals surface area contributed by atoms with Crippen molar-refractivity contribution in [2.75, 3.05) is 13.1 Å². The third kappa shape index (κ3) is 4.27. The highest BCUT2D eigenvalue weighted by Gasteiger charge is 2.27. The lowest BCUT2D eigenvalue weighted by atomic mass is 9.87. The third-order valence-electron chi connectivity index (χ3n) is 4.06. The number of thioether (sulfide) groups is 1. The first-order valence-corrected chi connectivity index (χ1v) is 8.63. The van der Waals surface area contributed by atoms with Gasteiger partial charge in [0.15, 0.2) is 5.17 Å². The summed E-state index contributed by atoms with van der Waals surface area (Å²) in [5.41, 5.74) is 2.51. The van der Waals surface area contributed by atoms with Gasteiger partial charge >= 0.3 is 0 Å². The molecule has 0 saturated carbocycles. The van der Waals surface area contributed by atoms with Crippen molar-refractivity contribution in [2.45, 2.75) is 39.0 Å². The summed E-state index contributed by atoms with van der Waals surface area (Å²) in [5, 5.41) is 0.875. The Morgan fingerprint density at radius 1 is 1.13 bits per heavy atom. The van der Waals surface area contributed by atoms with Crippen molar-refractivity contribution in [1.29, 1.82) is 0 Å². The van der Waals surface area contributed by atoms with Gasteiger partial charge in [-0.3, -0.25) is 4.79 Å². The van der Waals surface area contributed by atoms with Crippen molar-refractivity contribution in [3.63, 3.8) is 0 Å². The number of aliphatic imine (C=N–C) groups is 1. The molecule has 1 saturated heterocycles. The van der Waals surface area contributed by atoms with E-state index in [0.29, 0.717) is 0 Å². The summed E-state index contributed by atoms with van der Waals surface area (Å²) in [6.07, 6.45) is 4.34. The van der Waals surface area contributed by atoms with Crippen LogP contribution in [-0.2, 0) is 10.2 Å². The first kappa shape index (κ1) is 18.3. The van der Waals surface area contributed by atoms with Gasteiger partial charge in [0, 0.05) is 13.1 Å². The summed E-state index contributed by atoms with van der Waals surface area (Å²) < 4.78 is 0. The molecule has 0 spiro atoms. The van der Waals surface area contributed by atoms with Crippen LogP contribution in [0.15, 0.2) is 34.2 Å². The third-order valence-corrected chi connectivity index (χ3v) is 5.10. The fourth-order valence-electron chi connectivity index (χ4n) is 2.67. The molecular formula is C18H23BrN2OS. The maximum atomic E-state index is 12.1. The van der Waals surface area contributed by atoms with Crippen LogP contribution in [0.25, 0.3) is 6.08 Å². The maximum absolute atomic E-state index is 12.1. The highest BCUT2D eigenvalue weighted by molar-refractivity contribution is 8.93. The highest BCUT2D eigenvalue weighted by Crippen LogP contribution is 2.32. The molecule has 1 aromatic carbocycles. The molecule has 0 unspecified atom stereocenters. The quantitative estimate of drug-likeness (QED) is 0.650. The van der Waals surface area contributed by atoms with Gasteiger partial charge in [-0.25, -0.2) is 0 Å². The summed E-state index contributed by atoms with van der Waals surface area (Å²) in [6.45, 7) is 8.65. The van der Waals surface area contributed by atoms with Crippen molar-refractivity contribution >= 4 is 45.9 Å². The van der Waals surface area contributed by atoms with Gasteiger partial charge in [0.1, 0.15) is 0 Å². The van der Waals surface area contributed by atoms with Crippen LogP contribution in [0.4, 0.5) is 0 Å². The Balaban J connectivity index is 0.00000192. The molecule has 2 aliphatic rings. The number of amides is 1. The summed E-state index contributed by atoms with van der Waals surface area (Å²) in [5.74, 6) is -0.105. The fourth-order valence-corrected chi connectivity index (χ4v) is 3.64. The number of likely N-dealkylation sites (tertiary alicyclic amines) is 1. The molecule has 0 aliphatic carbocycles. The molecule has 2 aliphatic heterocycles. The number of carbonyl (C=O) groups is 1. The molecular weight excluding hydrogens is 372 g/mol. The number of hydrogen-bond acceptors (Lipinski definition) is 3. The lowest BCUT2D eigenvalue weighted by Crippen LogP contribution is -2.23. The molecule has 0 N–H and O–H groups in total. The second kappa shape index (κ2) is 7.22. The van der Waals surface area contributed by atoms with Crippen molar-refractivity contribution in [2.24, 2.45) is 4.99 Å². The lowest BCUT2D eigenvalue weighted by Gasteiger charge is -2.18. The Hall–Kier alpha value is -1.07. The second-order valence-electron chi connectivity index (χ2n) is 6.88. The van der Waals surface area contributed by atoms with Gasteiger partial charge in [0.2, 0.25) is 0 Å². The van der Waals surface area contributed by atoms with Gasteiger partial charge in [-0.05, 0) is 47.2 Å². The van der Waals surface area contributed by atoms with Crippen molar-refractivity contribution in [1.82, 2.24) is 4.90 Å². The van der Waals surface area contributed by atoms with E-state index in [9.17, 15) is 4.79 Å². The maximum Gasteiger partial charge on any atom is 0.286 e. The van der Waals surface area contributed by atoms with Crippen LogP contribution in [0.3, 0.4) is 0 Å². The minimum Gasteiger partial charge on any atom is -0.351 e. The molecule has 1 aromatic rings. The van der Waals surface area contributed by atoms with Gasteiger partial charge in [-0.1, -0.05) is 45.0 Å². The Bertz CT molecular complexity index is 638. The normalized spacial score (nSPS) is 20.0. The highest BCUT2D eigenvalue weighted by atomic mass is 79.9. The van der Waals surface area contributed by atoms with E-state index in [4.69, 9.17) is 0 Å². The number of halogens is 1. The summed E-state index contributed by atoms with van der Waals surface area (Å²) in [4.78, 5) is 19.2. The van der Waals surface area contributed by atoms with Gasteiger partial charge in [-0.2, -0.15) is 4.99 Å². The zero-order valence-corrected chi connectivity index (χ0v) is 16.4. The van der Waals surface area contributed by atoms with E-state index in [1.807, 2.05) is 6.08 Å². The van der Waals surface area contributed by atoms with Crippen LogP contribution in [0.5, 0.6) is 0 Å². The smallest absolute Gasteiger partial charge is 0.286 e. The second-order valence-corrected chi connectivity index (χ2v) is 7.89. The summed E-state index contributed by atoms with van der Waals surface area (Å²) in [7, 11) is 0. The van der Waals surface area contributed by atoms with Crippen LogP contribution in [-0.4, -0.2) is 29.1 Å². The van der Waals surface area contributed by atoms with Crippen molar-refractivity contribution in [3.05, 3.63) is 40.3 Å². The summed E-state index contributed by atoms with van der Waals surface area (Å²) in [6, 6.07) is 8.43. The van der Waals surface area contributed by atoms with Crippen LogP contribution in [0.1, 0.15) is 44.7 Å². The summed E-state index contributed by atoms with van der Waals surface area (Å²) >= 11 is 1.51. The molecule has 5 heteroatoms. The molecule has 1 fully saturated rings. The average molecular weight is 395 g/mol. The SMILES string of the molecule is Br.CC(C)(C)c1ccc(C=C2SC(N3CCCC3)=NC2=O)cc1. The molecule has 3 nitrogen and oxygen atoms in total. The van der Waals surface area contributed by atoms with Crippen molar-refractivity contribution in [3.8, 4) is 0 Å². The average Bonchev–Trinajstić information content (AvgIpc) is 3.09. The number of amidine groups is 1. The number of nitrogens with zero attached hydrogens (tertiary/aromatic N) is 2. The van der Waals surface area contributed by atoms with E-state index in [1.54, 1.807) is 0 Å². The first-order valence-electron chi connectivity index (χ1n) is 7.81. The Morgan fingerprint density at radius 3 is 2.30 bits per heavy atom. The molecule has 1 amide bonds. The Morgan fingerprint density at radius 2 is 1.74 bits per heavy atom. The lowest BCUT2D eigenvalue weighted by molar-refractivity contribution is -0.113. The number of rotatable bonds is 1. The largest absolute Gasteiger partial charge is 0.351 e. The standard InChI is InChI=1S/C18H22N2OS.BrH/c1-18(2,3)14-8-6-13(7-9-14)12-15-16(21)19-17(22-15)20-10-4-5-11-20;/h6-9,12H,4-5,10-11H2,1-3H3;1H. The van der Waals surface area contributed by atoms with Gasteiger partial charge in [0.05, 0.1) is 4.91 Å². The molecule has 3 rings (SSSR count). The molecule has 0 aromatic heterocycles. The molecule has 124 valence electrons. The molecule has 0 bridgehead atoms. The first-order chi connectivity index (χ1) is 10.4. The minimum atomic E-state index is -0.105. The van der Waals surface area contributed by atoms with Crippen LogP contribution in [0, 0.1) is 0 Å². The monoisotopic (exact) mass is 394 g/mol. The molecule has 23 heavy (non-hydrogen) atoms. The van der Waals surface area contributed by atoms with Crippen LogP contribution < -0.4 is 0 Å². The minimum absolute atomic E-state index is 0. The van der Waals surface area contributed by atoms with E-state index < -0.39 is 0 Å². The molecule has 0 radical (unpaired) electrons. The van der Waals surface area contributed by atoms with E-state index in [2.05, 4.69) is 54.9 Å². The Kier molecular flexibility index (Phi) is 5.74. The van der Waals surface area contributed by atoms with Crippen LogP contribution in [0.2, 0.25) is 0 Å². The van der Waals surface area contributed by atoms with E-state index in [0.717, 1.165) is 28.7 Å². The number of benzene rings is 1. The zero-order chi connectivity index (χ0) is 15.7. The number of hydrogen-bond donors (Lipinski definition) is 0. The predicted molar refractivity (Wildman–Crippen MR) is 104 cm³/mol. The predicted octanol–water partition coefficient (Wildman–Crippen LogP) is 4.63. The Labute approximate surface area is 153 Å². The zero-order valence-electron chi connectivity index (χ0n) is 13.8. The van der Waals surface area contributed by atoms with Gasteiger partial charge < -0.3 is 4.90 Å². The number of carbonyl (C=O) groups excluding carboxylic acids is 1. The van der Waals surface area contributed by atoms with E-state index in [-0.39, 0.29) is 28.3 Å². The topological polar surface area (TPSA) is 32.7 Å². The van der Waals surface area contributed by atoms with Crippen LogP contribution >= 0.6 is 28.7 Å². The van der Waals surface area contributed by atoms with Gasteiger partial charge in [-0.15, -0.1) is 17.0 Å². The van der Waals surface area contributed by atoms with Crippen molar-refractivity contribution < 1.29 is 4.79 Å². The fraction of sp³-hybridized carbons (Fsp3) is 0.444. The van der Waals surface area contributed by atoms with E-state index in [1.165, 1.54) is 30.2 Å².